The van der Waals surface area contributed by atoms with E-state index in [-0.39, 0.29) is 11.7 Å². The van der Waals surface area contributed by atoms with Crippen molar-refractivity contribution in [1.82, 2.24) is 5.32 Å². The first kappa shape index (κ1) is 11.2. The summed E-state index contributed by atoms with van der Waals surface area (Å²) in [6.07, 6.45) is 5.21. The predicted octanol–water partition coefficient (Wildman–Crippen LogP) is 3.18. The molecule has 1 N–H and O–H groups in total. The molecular weight excluding hydrogens is 255 g/mol. The Bertz CT molecular complexity index is 614. The van der Waals surface area contributed by atoms with Crippen molar-refractivity contribution in [3.05, 3.63) is 58.5 Å². The number of nitrogens with zero attached hydrogens (tertiary/aromatic N) is 1. The molecule has 0 saturated carbocycles. The van der Waals surface area contributed by atoms with Gasteiger partial charge in [0, 0.05) is 16.5 Å². The summed E-state index contributed by atoms with van der Waals surface area (Å²) in [7, 11) is 0. The number of carbonyl (C=O) groups excluding carboxylic acids is 1. The van der Waals surface area contributed by atoms with Gasteiger partial charge in [0.2, 0.25) is 0 Å². The number of carbonyl (C=O) groups is 1. The number of halogens is 2. The number of urea groups is 1. The third kappa shape index (κ3) is 1.75. The fourth-order valence-electron chi connectivity index (χ4n) is 2.07. The van der Waals surface area contributed by atoms with Gasteiger partial charge in [0.05, 0.1) is 11.4 Å². The van der Waals surface area contributed by atoms with Gasteiger partial charge in [0.15, 0.2) is 0 Å². The van der Waals surface area contributed by atoms with Crippen LogP contribution < -0.4 is 5.32 Å². The van der Waals surface area contributed by atoms with Gasteiger partial charge in [-0.25, -0.2) is 9.18 Å². The first-order chi connectivity index (χ1) is 8.65. The van der Waals surface area contributed by atoms with Crippen LogP contribution in [-0.2, 0) is 0 Å². The van der Waals surface area contributed by atoms with E-state index in [1.807, 2.05) is 0 Å². The van der Waals surface area contributed by atoms with E-state index in [1.54, 1.807) is 30.4 Å². The summed E-state index contributed by atoms with van der Waals surface area (Å²) in [6.45, 7) is 0. The average Bonchev–Trinajstić information content (AvgIpc) is 2.68. The van der Waals surface area contributed by atoms with Crippen molar-refractivity contribution < 1.29 is 9.18 Å². The van der Waals surface area contributed by atoms with Crippen molar-refractivity contribution in [3.8, 4) is 0 Å². The van der Waals surface area contributed by atoms with Crippen molar-refractivity contribution >= 4 is 23.3 Å². The second kappa shape index (κ2) is 4.07. The lowest BCUT2D eigenvalue weighted by Crippen LogP contribution is -2.17. The summed E-state index contributed by atoms with van der Waals surface area (Å²) < 4.78 is 13.8. The van der Waals surface area contributed by atoms with Crippen LogP contribution in [0.15, 0.2) is 47.1 Å². The fraction of sp³-hybridized carbons (Fsp3) is 0.0769. The topological polar surface area (TPSA) is 41.5 Å². The highest BCUT2D eigenvalue weighted by Crippen LogP contribution is 2.32. The van der Waals surface area contributed by atoms with Crippen molar-refractivity contribution in [2.24, 2.45) is 4.99 Å². The van der Waals surface area contributed by atoms with Crippen molar-refractivity contribution in [1.29, 1.82) is 0 Å². The number of aliphatic imine (C=N–C) groups is 1. The fourth-order valence-corrected chi connectivity index (χ4v) is 2.36. The maximum absolute atomic E-state index is 13.8. The molecule has 0 saturated heterocycles. The van der Waals surface area contributed by atoms with Crippen molar-refractivity contribution in [2.45, 2.75) is 5.92 Å². The third-order valence-corrected chi connectivity index (χ3v) is 3.21. The second-order valence-electron chi connectivity index (χ2n) is 4.03. The molecule has 0 aromatic heterocycles. The quantitative estimate of drug-likeness (QED) is 0.830. The maximum atomic E-state index is 13.8. The van der Waals surface area contributed by atoms with E-state index in [4.69, 9.17) is 11.6 Å². The highest BCUT2D eigenvalue weighted by atomic mass is 35.5. The minimum Gasteiger partial charge on any atom is -0.304 e. The Morgan fingerprint density at radius 1 is 1.39 bits per heavy atom. The molecule has 0 fully saturated rings. The summed E-state index contributed by atoms with van der Waals surface area (Å²) >= 11 is 6.01. The van der Waals surface area contributed by atoms with Gasteiger partial charge >= 0.3 is 6.03 Å². The van der Waals surface area contributed by atoms with E-state index in [0.29, 0.717) is 22.0 Å². The van der Waals surface area contributed by atoms with Crippen LogP contribution in [0.25, 0.3) is 0 Å². The molecule has 2 aliphatic rings. The molecule has 1 heterocycles. The summed E-state index contributed by atoms with van der Waals surface area (Å²) in [6, 6.07) is 4.17. The highest BCUT2D eigenvalue weighted by Gasteiger charge is 2.24. The highest BCUT2D eigenvalue weighted by molar-refractivity contribution is 6.31. The summed E-state index contributed by atoms with van der Waals surface area (Å²) in [5, 5.41) is 2.96. The number of hydrogen-bond acceptors (Lipinski definition) is 1. The monoisotopic (exact) mass is 262 g/mol. The van der Waals surface area contributed by atoms with E-state index in [9.17, 15) is 9.18 Å². The first-order valence-electron chi connectivity index (χ1n) is 5.39. The number of nitrogens with one attached hydrogen (secondary N) is 1. The third-order valence-electron chi connectivity index (χ3n) is 2.88. The Morgan fingerprint density at radius 2 is 2.22 bits per heavy atom. The second-order valence-corrected chi connectivity index (χ2v) is 4.43. The van der Waals surface area contributed by atoms with Crippen LogP contribution in [0, 0.1) is 5.82 Å². The Balaban J connectivity index is 2.04. The van der Waals surface area contributed by atoms with E-state index >= 15 is 0 Å². The molecule has 2 amide bonds. The Hall–Kier alpha value is -1.94. The number of rotatable bonds is 1. The lowest BCUT2D eigenvalue weighted by Gasteiger charge is -2.16. The number of amides is 2. The van der Waals surface area contributed by atoms with Crippen LogP contribution in [0.2, 0.25) is 5.02 Å². The number of allylic oxidation sites excluding steroid dienone is 3. The molecule has 0 spiro atoms. The molecule has 3 nitrogen and oxygen atoms in total. The largest absolute Gasteiger partial charge is 0.346 e. The molecule has 1 aliphatic heterocycles. The molecule has 90 valence electrons. The van der Waals surface area contributed by atoms with Gasteiger partial charge in [-0.1, -0.05) is 23.7 Å². The van der Waals surface area contributed by atoms with Crippen LogP contribution in [0.4, 0.5) is 9.18 Å². The number of hydrogen-bond donors (Lipinski definition) is 1. The Kier molecular flexibility index (Phi) is 2.52. The lowest BCUT2D eigenvalue weighted by molar-refractivity contribution is 0.253. The van der Waals surface area contributed by atoms with Crippen LogP contribution >= 0.6 is 11.6 Å². The van der Waals surface area contributed by atoms with E-state index < -0.39 is 6.03 Å². The van der Waals surface area contributed by atoms with Gasteiger partial charge in [-0.15, -0.1) is 0 Å². The summed E-state index contributed by atoms with van der Waals surface area (Å²) in [4.78, 5) is 14.9. The number of benzene rings is 1. The molecule has 1 aromatic carbocycles. The predicted molar refractivity (Wildman–Crippen MR) is 67.3 cm³/mol. The molecule has 1 atom stereocenters. The maximum Gasteiger partial charge on any atom is 0.346 e. The molecule has 1 aromatic rings. The van der Waals surface area contributed by atoms with E-state index in [1.165, 1.54) is 6.07 Å². The minimum absolute atomic E-state index is 0.300. The van der Waals surface area contributed by atoms with E-state index in [0.717, 1.165) is 0 Å². The van der Waals surface area contributed by atoms with Gasteiger partial charge in [-0.05, 0) is 24.3 Å². The number of fused-ring (bicyclic) bond motifs is 1. The zero-order valence-electron chi connectivity index (χ0n) is 9.15. The summed E-state index contributed by atoms with van der Waals surface area (Å²) in [5.41, 5.74) is 1.58. The zero-order valence-corrected chi connectivity index (χ0v) is 9.91. The van der Waals surface area contributed by atoms with Crippen LogP contribution in [0.3, 0.4) is 0 Å². The van der Waals surface area contributed by atoms with Crippen LogP contribution in [-0.4, -0.2) is 11.7 Å². The van der Waals surface area contributed by atoms with Crippen molar-refractivity contribution in [2.75, 3.05) is 0 Å². The van der Waals surface area contributed by atoms with Crippen molar-refractivity contribution in [3.63, 3.8) is 0 Å². The Labute approximate surface area is 108 Å². The molecular formula is C13H8ClFN2O. The van der Waals surface area contributed by atoms with Gasteiger partial charge in [-0.2, -0.15) is 4.99 Å². The van der Waals surface area contributed by atoms with Gasteiger partial charge in [0.1, 0.15) is 5.82 Å². The summed E-state index contributed by atoms with van der Waals surface area (Å²) in [5.74, 6) is -0.662. The minimum atomic E-state index is -0.402. The molecule has 0 radical (unpaired) electrons. The molecule has 0 bridgehead atoms. The smallest absolute Gasteiger partial charge is 0.304 e. The molecule has 5 heteroatoms. The lowest BCUT2D eigenvalue weighted by atomic mass is 9.92. The van der Waals surface area contributed by atoms with Gasteiger partial charge in [0.25, 0.3) is 0 Å². The molecule has 18 heavy (non-hydrogen) atoms. The normalized spacial score (nSPS) is 21.2. The Morgan fingerprint density at radius 3 is 3.00 bits per heavy atom. The van der Waals surface area contributed by atoms with E-state index in [2.05, 4.69) is 10.3 Å². The first-order valence-corrected chi connectivity index (χ1v) is 5.77. The van der Waals surface area contributed by atoms with Crippen LogP contribution in [0.1, 0.15) is 11.5 Å². The van der Waals surface area contributed by atoms with Gasteiger partial charge in [-0.3, -0.25) is 0 Å². The van der Waals surface area contributed by atoms with Gasteiger partial charge < -0.3 is 5.32 Å². The molecule has 1 unspecified atom stereocenters. The zero-order chi connectivity index (χ0) is 12.7. The SMILES string of the molecule is O=C1N=C2C=CC(c3c(F)cccc3Cl)C=C2N1. The average molecular weight is 263 g/mol. The standard InChI is InChI=1S/C13H8ClFN2O/c14-8-2-1-3-9(15)12(8)7-4-5-10-11(6-7)17-13(18)16-10/h1-7H,(H,17,18). The molecule has 1 aliphatic carbocycles. The van der Waals surface area contributed by atoms with Crippen LogP contribution in [0.5, 0.6) is 0 Å². The molecule has 3 rings (SSSR count).